The summed E-state index contributed by atoms with van der Waals surface area (Å²) in [6.45, 7) is 12.0. The van der Waals surface area contributed by atoms with E-state index in [1.54, 1.807) is 0 Å². The molecule has 3 aliphatic rings. The van der Waals surface area contributed by atoms with Crippen molar-refractivity contribution in [2.45, 2.75) is 52.1 Å². The molecule has 3 rings (SSSR count). The van der Waals surface area contributed by atoms with Crippen molar-refractivity contribution in [1.82, 2.24) is 0 Å². The van der Waals surface area contributed by atoms with Crippen LogP contribution < -0.4 is 0 Å². The summed E-state index contributed by atoms with van der Waals surface area (Å²) in [5.41, 5.74) is 2.75. The summed E-state index contributed by atoms with van der Waals surface area (Å²) in [4.78, 5) is 12.8. The minimum Gasteiger partial charge on any atom is -0.388 e. The van der Waals surface area contributed by atoms with Crippen LogP contribution in [0.5, 0.6) is 0 Å². The lowest BCUT2D eigenvalue weighted by molar-refractivity contribution is -0.121. The number of aliphatic hydroxyl groups excluding tert-OH is 1. The van der Waals surface area contributed by atoms with Gasteiger partial charge in [0.15, 0.2) is 5.78 Å². The molecule has 108 valence electrons. The van der Waals surface area contributed by atoms with Crippen LogP contribution in [0.1, 0.15) is 46.0 Å². The molecule has 2 saturated carbocycles. The normalized spacial score (nSPS) is 33.5. The number of allylic oxidation sites excluding steroid dienone is 2. The van der Waals surface area contributed by atoms with Crippen LogP contribution in [0.15, 0.2) is 36.0 Å². The van der Waals surface area contributed by atoms with E-state index in [2.05, 4.69) is 13.2 Å². The predicted molar refractivity (Wildman–Crippen MR) is 80.2 cm³/mol. The minimum absolute atomic E-state index is 0.0314. The summed E-state index contributed by atoms with van der Waals surface area (Å²) < 4.78 is 0. The number of hydrogen-bond acceptors (Lipinski definition) is 2. The minimum atomic E-state index is -0.536. The lowest BCUT2D eigenvalue weighted by Crippen LogP contribution is -2.34. The van der Waals surface area contributed by atoms with Crippen molar-refractivity contribution in [3.05, 3.63) is 36.0 Å². The van der Waals surface area contributed by atoms with Crippen molar-refractivity contribution in [1.29, 1.82) is 0 Å². The highest BCUT2D eigenvalue weighted by Gasteiger charge is 2.60. The summed E-state index contributed by atoms with van der Waals surface area (Å²) in [7, 11) is 0. The zero-order valence-electron chi connectivity index (χ0n) is 12.5. The number of aliphatic hydroxyl groups is 1. The second kappa shape index (κ2) is 4.17. The van der Waals surface area contributed by atoms with E-state index in [-0.39, 0.29) is 22.5 Å². The van der Waals surface area contributed by atoms with Gasteiger partial charge < -0.3 is 5.11 Å². The molecule has 0 aromatic carbocycles. The first-order chi connectivity index (χ1) is 9.35. The quantitative estimate of drug-likeness (QED) is 0.797. The SMILES string of the molecule is C=CCCC1=C2C(=O)C(C)(C)CC2C(O)C(=C)C12CC2. The van der Waals surface area contributed by atoms with E-state index >= 15 is 0 Å². The maximum absolute atomic E-state index is 12.8. The average molecular weight is 272 g/mol. The van der Waals surface area contributed by atoms with Gasteiger partial charge in [-0.15, -0.1) is 6.58 Å². The van der Waals surface area contributed by atoms with E-state index in [0.717, 1.165) is 43.3 Å². The number of hydrogen-bond donors (Lipinski definition) is 1. The second-order valence-corrected chi connectivity index (χ2v) is 7.30. The van der Waals surface area contributed by atoms with Crippen molar-refractivity contribution in [3.63, 3.8) is 0 Å². The molecule has 0 heterocycles. The van der Waals surface area contributed by atoms with Gasteiger partial charge in [0.1, 0.15) is 0 Å². The Morgan fingerprint density at radius 1 is 1.40 bits per heavy atom. The molecule has 2 unspecified atom stereocenters. The molecule has 0 radical (unpaired) electrons. The molecular weight excluding hydrogens is 248 g/mol. The lowest BCUT2D eigenvalue weighted by Gasteiger charge is -2.36. The Morgan fingerprint density at radius 2 is 2.05 bits per heavy atom. The number of carbonyl (C=O) groups is 1. The van der Waals surface area contributed by atoms with Crippen LogP contribution in [0.3, 0.4) is 0 Å². The highest BCUT2D eigenvalue weighted by Crippen LogP contribution is 2.66. The van der Waals surface area contributed by atoms with Gasteiger partial charge in [-0.1, -0.05) is 32.1 Å². The molecule has 0 saturated heterocycles. The fourth-order valence-corrected chi connectivity index (χ4v) is 4.25. The third-order valence-corrected chi connectivity index (χ3v) is 5.56. The Bertz CT molecular complexity index is 532. The van der Waals surface area contributed by atoms with Crippen molar-refractivity contribution in [2.24, 2.45) is 16.7 Å². The monoisotopic (exact) mass is 272 g/mol. The molecule has 3 aliphatic carbocycles. The van der Waals surface area contributed by atoms with Gasteiger partial charge in [0.25, 0.3) is 0 Å². The van der Waals surface area contributed by atoms with Gasteiger partial charge in [0.2, 0.25) is 0 Å². The van der Waals surface area contributed by atoms with E-state index in [1.807, 2.05) is 19.9 Å². The van der Waals surface area contributed by atoms with Crippen LogP contribution >= 0.6 is 0 Å². The van der Waals surface area contributed by atoms with E-state index in [9.17, 15) is 9.90 Å². The van der Waals surface area contributed by atoms with Gasteiger partial charge in [0.05, 0.1) is 6.10 Å². The van der Waals surface area contributed by atoms with E-state index in [1.165, 1.54) is 5.57 Å². The zero-order valence-corrected chi connectivity index (χ0v) is 12.5. The largest absolute Gasteiger partial charge is 0.388 e. The average Bonchev–Trinajstić information content (AvgIpc) is 3.14. The van der Waals surface area contributed by atoms with Crippen molar-refractivity contribution in [2.75, 3.05) is 0 Å². The smallest absolute Gasteiger partial charge is 0.164 e. The molecule has 20 heavy (non-hydrogen) atoms. The highest BCUT2D eigenvalue weighted by atomic mass is 16.3. The van der Waals surface area contributed by atoms with Gasteiger partial charge >= 0.3 is 0 Å². The van der Waals surface area contributed by atoms with Crippen LogP contribution in [0.4, 0.5) is 0 Å². The van der Waals surface area contributed by atoms with Crippen molar-refractivity contribution < 1.29 is 9.90 Å². The second-order valence-electron chi connectivity index (χ2n) is 7.30. The van der Waals surface area contributed by atoms with Crippen LogP contribution in [-0.2, 0) is 4.79 Å². The molecule has 2 heteroatoms. The Hall–Kier alpha value is -1.15. The molecule has 2 nitrogen and oxygen atoms in total. The molecule has 0 aliphatic heterocycles. The number of carbonyl (C=O) groups excluding carboxylic acids is 1. The standard InChI is InChI=1S/C18H24O2/c1-5-6-7-13-14-12(10-17(3,4)16(14)20)15(19)11(2)18(13)8-9-18/h5,12,15,19H,1-2,6-10H2,3-4H3. The molecule has 2 fully saturated rings. The fourth-order valence-electron chi connectivity index (χ4n) is 4.25. The molecule has 0 aromatic rings. The Kier molecular flexibility index (Phi) is 2.88. The Morgan fingerprint density at radius 3 is 2.60 bits per heavy atom. The zero-order chi connectivity index (χ0) is 14.7. The third kappa shape index (κ3) is 1.64. The number of ketones is 1. The lowest BCUT2D eigenvalue weighted by atomic mass is 9.69. The van der Waals surface area contributed by atoms with Crippen molar-refractivity contribution >= 4 is 5.78 Å². The molecule has 1 N–H and O–H groups in total. The summed E-state index contributed by atoms with van der Waals surface area (Å²) in [6.07, 6.45) is 5.99. The first-order valence-corrected chi connectivity index (χ1v) is 7.62. The molecule has 1 spiro atoms. The topological polar surface area (TPSA) is 37.3 Å². The van der Waals surface area contributed by atoms with Crippen LogP contribution in [0.2, 0.25) is 0 Å². The number of rotatable bonds is 3. The summed E-state index contributed by atoms with van der Waals surface area (Å²) in [5.74, 6) is 0.218. The van der Waals surface area contributed by atoms with Gasteiger partial charge in [-0.25, -0.2) is 0 Å². The number of Topliss-reactive ketones (excluding diaryl/α,β-unsaturated/α-hetero) is 1. The van der Waals surface area contributed by atoms with Gasteiger partial charge in [-0.2, -0.15) is 0 Å². The molecule has 0 bridgehead atoms. The van der Waals surface area contributed by atoms with Crippen LogP contribution in [-0.4, -0.2) is 17.0 Å². The van der Waals surface area contributed by atoms with Gasteiger partial charge in [0, 0.05) is 22.3 Å². The fraction of sp³-hybridized carbons (Fsp3) is 0.611. The Balaban J connectivity index is 2.14. The molecule has 2 atom stereocenters. The van der Waals surface area contributed by atoms with E-state index in [0.29, 0.717) is 0 Å². The maximum Gasteiger partial charge on any atom is 0.164 e. The van der Waals surface area contributed by atoms with Crippen molar-refractivity contribution in [3.8, 4) is 0 Å². The molecular formula is C18H24O2. The predicted octanol–water partition coefficient (Wildman–Crippen LogP) is 3.58. The first-order valence-electron chi connectivity index (χ1n) is 7.62. The van der Waals surface area contributed by atoms with Crippen LogP contribution in [0, 0.1) is 16.7 Å². The molecule has 0 aromatic heterocycles. The van der Waals surface area contributed by atoms with Gasteiger partial charge in [-0.3, -0.25) is 4.79 Å². The van der Waals surface area contributed by atoms with E-state index in [4.69, 9.17) is 0 Å². The summed E-state index contributed by atoms with van der Waals surface area (Å²) >= 11 is 0. The first kappa shape index (κ1) is 13.8. The molecule has 0 amide bonds. The number of fused-ring (bicyclic) bond motifs is 1. The van der Waals surface area contributed by atoms with Crippen LogP contribution in [0.25, 0.3) is 0 Å². The maximum atomic E-state index is 12.8. The third-order valence-electron chi connectivity index (χ3n) is 5.56. The van der Waals surface area contributed by atoms with E-state index < -0.39 is 6.10 Å². The highest BCUT2D eigenvalue weighted by molar-refractivity contribution is 6.04. The summed E-state index contributed by atoms with van der Waals surface area (Å²) in [5, 5.41) is 10.6. The summed E-state index contributed by atoms with van der Waals surface area (Å²) in [6, 6.07) is 0. The Labute approximate surface area is 121 Å². The van der Waals surface area contributed by atoms with Gasteiger partial charge in [-0.05, 0) is 37.7 Å².